The van der Waals surface area contributed by atoms with E-state index in [1.165, 1.54) is 0 Å². The maximum absolute atomic E-state index is 12.4. The van der Waals surface area contributed by atoms with Gasteiger partial charge in [0.1, 0.15) is 5.52 Å². The van der Waals surface area contributed by atoms with Gasteiger partial charge in [0, 0.05) is 25.6 Å². The molecule has 0 spiro atoms. The minimum absolute atomic E-state index is 0.0596. The molecule has 2 aromatic carbocycles. The maximum atomic E-state index is 12.4. The van der Waals surface area contributed by atoms with Gasteiger partial charge in [0.05, 0.1) is 0 Å². The van der Waals surface area contributed by atoms with Gasteiger partial charge in [-0.3, -0.25) is 4.79 Å². The van der Waals surface area contributed by atoms with Crippen LogP contribution in [0.5, 0.6) is 0 Å². The zero-order valence-electron chi connectivity index (χ0n) is 14.0. The standard InChI is InChI=1S/C20H21N3O2/c24-19(21-14-15-6-2-1-3-7-15)16-10-12-23(13-11-16)20-22-17-8-4-5-9-18(17)25-20/h1-9,16H,10-14H2,(H,21,24). The zero-order valence-corrected chi connectivity index (χ0v) is 14.0. The van der Waals surface area contributed by atoms with E-state index >= 15 is 0 Å². The number of oxazole rings is 1. The van der Waals surface area contributed by atoms with Crippen LogP contribution in [-0.2, 0) is 11.3 Å². The van der Waals surface area contributed by atoms with Crippen molar-refractivity contribution in [2.45, 2.75) is 19.4 Å². The predicted octanol–water partition coefficient (Wildman–Crippen LogP) is 3.36. The van der Waals surface area contributed by atoms with Gasteiger partial charge in [-0.25, -0.2) is 0 Å². The molecule has 1 N–H and O–H groups in total. The van der Waals surface area contributed by atoms with E-state index in [4.69, 9.17) is 4.42 Å². The lowest BCUT2D eigenvalue weighted by Gasteiger charge is -2.30. The first-order chi connectivity index (χ1) is 12.3. The average Bonchev–Trinajstić information content (AvgIpc) is 3.11. The first-order valence-electron chi connectivity index (χ1n) is 8.72. The molecule has 1 fully saturated rings. The second-order valence-corrected chi connectivity index (χ2v) is 6.43. The molecule has 4 rings (SSSR count). The van der Waals surface area contributed by atoms with Gasteiger partial charge in [0.25, 0.3) is 6.01 Å². The summed E-state index contributed by atoms with van der Waals surface area (Å²) in [7, 11) is 0. The summed E-state index contributed by atoms with van der Waals surface area (Å²) in [5.41, 5.74) is 2.81. The predicted molar refractivity (Wildman–Crippen MR) is 97.2 cm³/mol. The van der Waals surface area contributed by atoms with Crippen molar-refractivity contribution < 1.29 is 9.21 Å². The summed E-state index contributed by atoms with van der Waals surface area (Å²) in [6, 6.07) is 18.4. The molecule has 1 saturated heterocycles. The van der Waals surface area contributed by atoms with Crippen molar-refractivity contribution >= 4 is 23.0 Å². The zero-order chi connectivity index (χ0) is 17.1. The second kappa shape index (κ2) is 6.97. The van der Waals surface area contributed by atoms with Crippen LogP contribution < -0.4 is 10.2 Å². The third-order valence-corrected chi connectivity index (χ3v) is 4.73. The van der Waals surface area contributed by atoms with Crippen LogP contribution in [-0.4, -0.2) is 24.0 Å². The molecule has 1 aliphatic heterocycles. The van der Waals surface area contributed by atoms with Gasteiger partial charge >= 0.3 is 0 Å². The third-order valence-electron chi connectivity index (χ3n) is 4.73. The molecule has 0 unspecified atom stereocenters. The van der Waals surface area contributed by atoms with E-state index in [0.717, 1.165) is 42.6 Å². The molecular formula is C20H21N3O2. The van der Waals surface area contributed by atoms with Crippen molar-refractivity contribution in [3.05, 3.63) is 60.2 Å². The monoisotopic (exact) mass is 335 g/mol. The summed E-state index contributed by atoms with van der Waals surface area (Å²) in [6.07, 6.45) is 1.64. The Hall–Kier alpha value is -2.82. The molecule has 0 atom stereocenters. The quantitative estimate of drug-likeness (QED) is 0.794. The minimum atomic E-state index is 0.0596. The fraction of sp³-hybridized carbons (Fsp3) is 0.300. The summed E-state index contributed by atoms with van der Waals surface area (Å²) in [6.45, 7) is 2.16. The Bertz CT molecular complexity index is 819. The molecule has 1 amide bonds. The van der Waals surface area contributed by atoms with E-state index in [-0.39, 0.29) is 11.8 Å². The van der Waals surface area contributed by atoms with Crippen molar-refractivity contribution in [3.8, 4) is 0 Å². The smallest absolute Gasteiger partial charge is 0.298 e. The first kappa shape index (κ1) is 15.7. The van der Waals surface area contributed by atoms with Crippen LogP contribution in [0.2, 0.25) is 0 Å². The van der Waals surface area contributed by atoms with Crippen molar-refractivity contribution in [1.82, 2.24) is 10.3 Å². The molecule has 0 saturated carbocycles. The highest BCUT2D eigenvalue weighted by Crippen LogP contribution is 2.26. The summed E-state index contributed by atoms with van der Waals surface area (Å²) in [5, 5.41) is 3.05. The highest BCUT2D eigenvalue weighted by Gasteiger charge is 2.27. The van der Waals surface area contributed by atoms with Gasteiger partial charge in [0.2, 0.25) is 5.91 Å². The van der Waals surface area contributed by atoms with Crippen molar-refractivity contribution in [1.29, 1.82) is 0 Å². The van der Waals surface area contributed by atoms with Gasteiger partial charge in [-0.05, 0) is 30.5 Å². The van der Waals surface area contributed by atoms with Crippen molar-refractivity contribution in [3.63, 3.8) is 0 Å². The first-order valence-corrected chi connectivity index (χ1v) is 8.72. The summed E-state index contributed by atoms with van der Waals surface area (Å²) in [5.74, 6) is 0.199. The molecule has 128 valence electrons. The third kappa shape index (κ3) is 3.50. The Balaban J connectivity index is 1.32. The van der Waals surface area contributed by atoms with E-state index in [2.05, 4.69) is 15.2 Å². The van der Waals surface area contributed by atoms with Gasteiger partial charge in [-0.2, -0.15) is 4.98 Å². The number of rotatable bonds is 4. The number of hydrogen-bond donors (Lipinski definition) is 1. The second-order valence-electron chi connectivity index (χ2n) is 6.43. The normalized spacial score (nSPS) is 15.4. The maximum Gasteiger partial charge on any atom is 0.298 e. The number of para-hydroxylation sites is 2. The van der Waals surface area contributed by atoms with Crippen LogP contribution in [0.4, 0.5) is 6.01 Å². The lowest BCUT2D eigenvalue weighted by molar-refractivity contribution is -0.125. The SMILES string of the molecule is O=C(NCc1ccccc1)C1CCN(c2nc3ccccc3o2)CC1. The van der Waals surface area contributed by atoms with Crippen LogP contribution in [0.15, 0.2) is 59.0 Å². The van der Waals surface area contributed by atoms with E-state index in [1.54, 1.807) is 0 Å². The van der Waals surface area contributed by atoms with Crippen LogP contribution in [0, 0.1) is 5.92 Å². The number of carbonyl (C=O) groups excluding carboxylic acids is 1. The van der Waals surface area contributed by atoms with Gasteiger partial charge in [-0.15, -0.1) is 0 Å². The number of hydrogen-bond acceptors (Lipinski definition) is 4. The number of carbonyl (C=O) groups is 1. The molecule has 5 nitrogen and oxygen atoms in total. The topological polar surface area (TPSA) is 58.4 Å². The van der Waals surface area contributed by atoms with E-state index < -0.39 is 0 Å². The molecule has 1 aromatic heterocycles. The van der Waals surface area contributed by atoms with E-state index in [1.807, 2.05) is 54.6 Å². The molecular weight excluding hydrogens is 314 g/mol. The summed E-state index contributed by atoms with van der Waals surface area (Å²) in [4.78, 5) is 19.1. The van der Waals surface area contributed by atoms with Gasteiger partial charge in [-0.1, -0.05) is 42.5 Å². The van der Waals surface area contributed by atoms with Gasteiger partial charge in [0.15, 0.2) is 5.58 Å². The Morgan fingerprint density at radius 1 is 1.08 bits per heavy atom. The van der Waals surface area contributed by atoms with Crippen LogP contribution >= 0.6 is 0 Å². The van der Waals surface area contributed by atoms with Gasteiger partial charge < -0.3 is 14.6 Å². The van der Waals surface area contributed by atoms with E-state index in [9.17, 15) is 4.79 Å². The lowest BCUT2D eigenvalue weighted by Crippen LogP contribution is -2.40. The lowest BCUT2D eigenvalue weighted by atomic mass is 9.96. The molecule has 1 aliphatic rings. The Kier molecular flexibility index (Phi) is 4.37. The average molecular weight is 335 g/mol. The number of nitrogens with one attached hydrogen (secondary N) is 1. The minimum Gasteiger partial charge on any atom is -0.423 e. The molecule has 25 heavy (non-hydrogen) atoms. The van der Waals surface area contributed by atoms with Crippen LogP contribution in [0.25, 0.3) is 11.1 Å². The number of anilines is 1. The highest BCUT2D eigenvalue weighted by molar-refractivity contribution is 5.79. The largest absolute Gasteiger partial charge is 0.423 e. The number of piperidine rings is 1. The number of fused-ring (bicyclic) bond motifs is 1. The number of amides is 1. The van der Waals surface area contributed by atoms with Crippen LogP contribution in [0.1, 0.15) is 18.4 Å². The number of benzene rings is 2. The van der Waals surface area contributed by atoms with Crippen LogP contribution in [0.3, 0.4) is 0 Å². The van der Waals surface area contributed by atoms with E-state index in [0.29, 0.717) is 12.6 Å². The fourth-order valence-electron chi connectivity index (χ4n) is 3.26. The fourth-order valence-corrected chi connectivity index (χ4v) is 3.26. The van der Waals surface area contributed by atoms with Crippen molar-refractivity contribution in [2.75, 3.05) is 18.0 Å². The number of aromatic nitrogens is 1. The Morgan fingerprint density at radius 3 is 2.56 bits per heavy atom. The molecule has 0 radical (unpaired) electrons. The molecule has 3 aromatic rings. The molecule has 0 bridgehead atoms. The molecule has 5 heteroatoms. The number of nitrogens with zero attached hydrogens (tertiary/aromatic N) is 2. The molecule has 0 aliphatic carbocycles. The Labute approximate surface area is 146 Å². The molecule has 2 heterocycles. The summed E-state index contributed by atoms with van der Waals surface area (Å²) >= 11 is 0. The summed E-state index contributed by atoms with van der Waals surface area (Å²) < 4.78 is 5.82. The van der Waals surface area contributed by atoms with Crippen molar-refractivity contribution in [2.24, 2.45) is 5.92 Å². The highest BCUT2D eigenvalue weighted by atomic mass is 16.4. The Morgan fingerprint density at radius 2 is 1.80 bits per heavy atom.